The number of aliphatic hydroxyl groups is 1. The van der Waals surface area contributed by atoms with Gasteiger partial charge in [-0.25, -0.2) is 0 Å². The normalized spacial score (nSPS) is 32.5. The molecule has 2 aliphatic rings. The molecule has 2 rings (SSSR count). The van der Waals surface area contributed by atoms with Crippen molar-refractivity contribution < 1.29 is 5.11 Å². The lowest BCUT2D eigenvalue weighted by molar-refractivity contribution is 0.0454. The van der Waals surface area contributed by atoms with Crippen molar-refractivity contribution in [1.82, 2.24) is 10.6 Å². The second-order valence-electron chi connectivity index (χ2n) is 4.50. The fourth-order valence-corrected chi connectivity index (χ4v) is 2.37. The molecule has 76 valence electrons. The minimum atomic E-state index is -0.386. The Morgan fingerprint density at radius 2 is 2.15 bits per heavy atom. The van der Waals surface area contributed by atoms with E-state index in [-0.39, 0.29) is 5.60 Å². The summed E-state index contributed by atoms with van der Waals surface area (Å²) < 4.78 is 0. The van der Waals surface area contributed by atoms with Gasteiger partial charge in [0.25, 0.3) is 0 Å². The first-order valence-electron chi connectivity index (χ1n) is 5.45. The van der Waals surface area contributed by atoms with Gasteiger partial charge in [-0.3, -0.25) is 0 Å². The third kappa shape index (κ3) is 2.42. The Morgan fingerprint density at radius 1 is 1.38 bits per heavy atom. The highest BCUT2D eigenvalue weighted by Crippen LogP contribution is 2.28. The van der Waals surface area contributed by atoms with E-state index >= 15 is 0 Å². The van der Waals surface area contributed by atoms with Crippen LogP contribution in [0.2, 0.25) is 0 Å². The Morgan fingerprint density at radius 3 is 2.77 bits per heavy atom. The number of hydrogen-bond donors (Lipinski definition) is 3. The Kier molecular flexibility index (Phi) is 2.86. The van der Waals surface area contributed by atoms with Crippen molar-refractivity contribution >= 4 is 0 Å². The van der Waals surface area contributed by atoms with Gasteiger partial charge in [-0.15, -0.1) is 0 Å². The van der Waals surface area contributed by atoms with E-state index in [0.29, 0.717) is 6.04 Å². The van der Waals surface area contributed by atoms with Gasteiger partial charge in [0.2, 0.25) is 0 Å². The van der Waals surface area contributed by atoms with Crippen molar-refractivity contribution in [3.05, 3.63) is 0 Å². The van der Waals surface area contributed by atoms with Gasteiger partial charge >= 0.3 is 0 Å². The van der Waals surface area contributed by atoms with E-state index in [2.05, 4.69) is 10.6 Å². The second kappa shape index (κ2) is 3.95. The van der Waals surface area contributed by atoms with Crippen LogP contribution in [-0.4, -0.2) is 36.4 Å². The Hall–Kier alpha value is -0.120. The molecule has 0 aromatic carbocycles. The molecule has 3 nitrogen and oxygen atoms in total. The minimum absolute atomic E-state index is 0.386. The van der Waals surface area contributed by atoms with Crippen molar-refractivity contribution in [2.45, 2.75) is 43.7 Å². The van der Waals surface area contributed by atoms with E-state index in [1.165, 1.54) is 19.3 Å². The zero-order valence-electron chi connectivity index (χ0n) is 8.18. The zero-order valence-corrected chi connectivity index (χ0v) is 8.18. The summed E-state index contributed by atoms with van der Waals surface area (Å²) in [5.74, 6) is 0. The molecule has 3 N–H and O–H groups in total. The predicted molar refractivity (Wildman–Crippen MR) is 52.7 cm³/mol. The van der Waals surface area contributed by atoms with E-state index in [4.69, 9.17) is 0 Å². The van der Waals surface area contributed by atoms with Crippen molar-refractivity contribution in [2.24, 2.45) is 0 Å². The molecule has 0 radical (unpaired) electrons. The van der Waals surface area contributed by atoms with Crippen LogP contribution in [-0.2, 0) is 0 Å². The molecular formula is C10H20N2O. The molecule has 1 saturated heterocycles. The summed E-state index contributed by atoms with van der Waals surface area (Å²) in [6, 6.07) is 0.588. The van der Waals surface area contributed by atoms with Gasteiger partial charge in [-0.2, -0.15) is 0 Å². The molecule has 1 aliphatic carbocycles. The zero-order chi connectivity index (χ0) is 9.15. The van der Waals surface area contributed by atoms with Crippen LogP contribution in [0.15, 0.2) is 0 Å². The molecule has 3 heteroatoms. The molecule has 1 heterocycles. The first-order valence-corrected chi connectivity index (χ1v) is 5.45. The first kappa shape index (κ1) is 9.44. The minimum Gasteiger partial charge on any atom is -0.389 e. The van der Waals surface area contributed by atoms with Crippen molar-refractivity contribution in [2.75, 3.05) is 19.6 Å². The van der Waals surface area contributed by atoms with Crippen LogP contribution in [0, 0.1) is 0 Å². The lowest BCUT2D eigenvalue weighted by Crippen LogP contribution is -2.43. The molecule has 1 atom stereocenters. The van der Waals surface area contributed by atoms with E-state index in [0.717, 1.165) is 32.5 Å². The third-order valence-electron chi connectivity index (χ3n) is 3.31. The van der Waals surface area contributed by atoms with E-state index in [9.17, 15) is 5.11 Å². The van der Waals surface area contributed by atoms with E-state index in [1.807, 2.05) is 0 Å². The topological polar surface area (TPSA) is 44.3 Å². The summed E-state index contributed by atoms with van der Waals surface area (Å²) in [5, 5.41) is 16.8. The van der Waals surface area contributed by atoms with Gasteiger partial charge in [-0.05, 0) is 25.8 Å². The van der Waals surface area contributed by atoms with Gasteiger partial charge in [0.15, 0.2) is 0 Å². The summed E-state index contributed by atoms with van der Waals surface area (Å²) in [4.78, 5) is 0. The summed E-state index contributed by atoms with van der Waals surface area (Å²) in [6.45, 7) is 2.98. The monoisotopic (exact) mass is 184 g/mol. The SMILES string of the molecule is OC1(CNC2CCNC2)CCCC1. The first-order chi connectivity index (χ1) is 6.29. The molecule has 0 aromatic rings. The molecule has 1 aliphatic heterocycles. The highest BCUT2D eigenvalue weighted by atomic mass is 16.3. The average molecular weight is 184 g/mol. The van der Waals surface area contributed by atoms with Crippen molar-refractivity contribution in [1.29, 1.82) is 0 Å². The maximum atomic E-state index is 10.1. The number of rotatable bonds is 3. The van der Waals surface area contributed by atoms with Crippen LogP contribution in [0.3, 0.4) is 0 Å². The molecule has 0 aromatic heterocycles. The molecule has 0 spiro atoms. The number of nitrogens with one attached hydrogen (secondary N) is 2. The fourth-order valence-electron chi connectivity index (χ4n) is 2.37. The Bertz CT molecular complexity index is 160. The van der Waals surface area contributed by atoms with Gasteiger partial charge in [0.1, 0.15) is 0 Å². The van der Waals surface area contributed by atoms with Crippen LogP contribution in [0.1, 0.15) is 32.1 Å². The highest BCUT2D eigenvalue weighted by Gasteiger charge is 2.31. The molecule has 1 saturated carbocycles. The van der Waals surface area contributed by atoms with Crippen molar-refractivity contribution in [3.63, 3.8) is 0 Å². The lowest BCUT2D eigenvalue weighted by atomic mass is 10.0. The summed E-state index contributed by atoms with van der Waals surface area (Å²) in [7, 11) is 0. The van der Waals surface area contributed by atoms with Crippen molar-refractivity contribution in [3.8, 4) is 0 Å². The average Bonchev–Trinajstić information content (AvgIpc) is 2.72. The van der Waals surface area contributed by atoms with Gasteiger partial charge in [0, 0.05) is 19.1 Å². The van der Waals surface area contributed by atoms with Crippen LogP contribution in [0.25, 0.3) is 0 Å². The molecule has 0 amide bonds. The Labute approximate surface area is 79.9 Å². The largest absolute Gasteiger partial charge is 0.389 e. The smallest absolute Gasteiger partial charge is 0.0771 e. The van der Waals surface area contributed by atoms with Crippen LogP contribution >= 0.6 is 0 Å². The fraction of sp³-hybridized carbons (Fsp3) is 1.00. The van der Waals surface area contributed by atoms with Gasteiger partial charge < -0.3 is 15.7 Å². The predicted octanol–water partition coefficient (Wildman–Crippen LogP) is 0.243. The lowest BCUT2D eigenvalue weighted by Gasteiger charge is -2.24. The van der Waals surface area contributed by atoms with Gasteiger partial charge in [-0.1, -0.05) is 12.8 Å². The summed E-state index contributed by atoms with van der Waals surface area (Å²) in [6.07, 6.45) is 5.57. The quantitative estimate of drug-likeness (QED) is 0.589. The molecule has 2 fully saturated rings. The van der Waals surface area contributed by atoms with Crippen LogP contribution < -0.4 is 10.6 Å². The number of hydrogen-bond acceptors (Lipinski definition) is 3. The Balaban J connectivity index is 1.71. The van der Waals surface area contributed by atoms with Crippen LogP contribution in [0.5, 0.6) is 0 Å². The summed E-state index contributed by atoms with van der Waals surface area (Å²) >= 11 is 0. The molecule has 13 heavy (non-hydrogen) atoms. The standard InChI is InChI=1S/C10H20N2O/c13-10(4-1-2-5-10)8-12-9-3-6-11-7-9/h9,11-13H,1-8H2. The van der Waals surface area contributed by atoms with E-state index < -0.39 is 0 Å². The van der Waals surface area contributed by atoms with Crippen LogP contribution in [0.4, 0.5) is 0 Å². The maximum absolute atomic E-state index is 10.1. The van der Waals surface area contributed by atoms with E-state index in [1.54, 1.807) is 0 Å². The van der Waals surface area contributed by atoms with Gasteiger partial charge in [0.05, 0.1) is 5.60 Å². The summed E-state index contributed by atoms with van der Waals surface area (Å²) in [5.41, 5.74) is -0.386. The molecule has 0 bridgehead atoms. The molecular weight excluding hydrogens is 164 g/mol. The molecule has 1 unspecified atom stereocenters. The third-order valence-corrected chi connectivity index (χ3v) is 3.31. The highest BCUT2D eigenvalue weighted by molar-refractivity contribution is 4.88. The maximum Gasteiger partial charge on any atom is 0.0771 e. The second-order valence-corrected chi connectivity index (χ2v) is 4.50.